The highest BCUT2D eigenvalue weighted by atomic mass is 15.3. The van der Waals surface area contributed by atoms with E-state index in [2.05, 4.69) is 51.6 Å². The maximum absolute atomic E-state index is 9.45. The number of piperazine rings is 1. The Morgan fingerprint density at radius 1 is 1.04 bits per heavy atom. The molecule has 0 radical (unpaired) electrons. The average Bonchev–Trinajstić information content (AvgIpc) is 2.98. The predicted octanol–water partition coefficient (Wildman–Crippen LogP) is 3.46. The lowest BCUT2D eigenvalue weighted by atomic mass is 10.2. The minimum atomic E-state index is 0.675. The van der Waals surface area contributed by atoms with Gasteiger partial charge >= 0.3 is 0 Å². The molecule has 0 bridgehead atoms. The third-order valence-electron chi connectivity index (χ3n) is 4.90. The van der Waals surface area contributed by atoms with E-state index in [1.807, 2.05) is 12.1 Å². The summed E-state index contributed by atoms with van der Waals surface area (Å²) in [5.74, 6) is 1.03. The lowest BCUT2D eigenvalue weighted by Crippen LogP contribution is -2.47. The molecule has 1 aromatic heterocycles. The molecule has 0 atom stereocenters. The van der Waals surface area contributed by atoms with Gasteiger partial charge in [0.2, 0.25) is 0 Å². The van der Waals surface area contributed by atoms with Crippen LogP contribution in [0.1, 0.15) is 31.9 Å². The van der Waals surface area contributed by atoms with Crippen molar-refractivity contribution in [3.05, 3.63) is 42.1 Å². The Hall–Kier alpha value is -2.61. The Balaban J connectivity index is 1.74. The van der Waals surface area contributed by atoms with Crippen molar-refractivity contribution in [1.82, 2.24) is 4.57 Å². The van der Waals surface area contributed by atoms with E-state index in [1.54, 1.807) is 0 Å². The topological polar surface area (TPSA) is 61.2 Å². The zero-order chi connectivity index (χ0) is 17.6. The van der Waals surface area contributed by atoms with Crippen molar-refractivity contribution < 1.29 is 0 Å². The van der Waals surface area contributed by atoms with Crippen molar-refractivity contribution in [2.45, 2.75) is 32.7 Å². The van der Waals surface area contributed by atoms with Crippen LogP contribution in [0.25, 0.3) is 0 Å². The van der Waals surface area contributed by atoms with E-state index in [1.165, 1.54) is 18.5 Å². The fourth-order valence-electron chi connectivity index (χ4n) is 3.57. The van der Waals surface area contributed by atoms with E-state index in [0.29, 0.717) is 5.69 Å². The summed E-state index contributed by atoms with van der Waals surface area (Å²) in [7, 11) is 0. The first kappa shape index (κ1) is 17.2. The summed E-state index contributed by atoms with van der Waals surface area (Å²) < 4.78 is 2.11. The molecule has 2 N–H and O–H groups in total. The number of benzene rings is 1. The van der Waals surface area contributed by atoms with Crippen LogP contribution in [0.5, 0.6) is 0 Å². The molecule has 1 fully saturated rings. The second-order valence-electron chi connectivity index (χ2n) is 6.59. The van der Waals surface area contributed by atoms with Crippen LogP contribution in [-0.4, -0.2) is 30.7 Å². The molecule has 1 aromatic carbocycles. The Bertz CT molecular complexity index is 721. The number of nitrogens with zero attached hydrogens (tertiary/aromatic N) is 4. The first-order chi connectivity index (χ1) is 12.2. The van der Waals surface area contributed by atoms with Gasteiger partial charge in [-0.05, 0) is 24.6 Å². The fourth-order valence-corrected chi connectivity index (χ4v) is 3.57. The van der Waals surface area contributed by atoms with Crippen LogP contribution in [0.2, 0.25) is 0 Å². The molecular formula is C20H27N5. The summed E-state index contributed by atoms with van der Waals surface area (Å²) in [5.41, 5.74) is 8.94. The van der Waals surface area contributed by atoms with Crippen LogP contribution in [0.15, 0.2) is 36.4 Å². The number of hydrogen-bond acceptors (Lipinski definition) is 4. The van der Waals surface area contributed by atoms with E-state index in [9.17, 15) is 5.26 Å². The highest BCUT2D eigenvalue weighted by molar-refractivity contribution is 5.68. The third kappa shape index (κ3) is 3.74. The third-order valence-corrected chi connectivity index (χ3v) is 4.90. The van der Waals surface area contributed by atoms with E-state index in [0.717, 1.165) is 50.6 Å². The van der Waals surface area contributed by atoms with Crippen molar-refractivity contribution in [3.63, 3.8) is 0 Å². The van der Waals surface area contributed by atoms with Crippen LogP contribution in [0, 0.1) is 11.3 Å². The van der Waals surface area contributed by atoms with Gasteiger partial charge < -0.3 is 20.1 Å². The maximum Gasteiger partial charge on any atom is 0.133 e. The Labute approximate surface area is 150 Å². The number of nitrogens with two attached hydrogens (primary N) is 1. The van der Waals surface area contributed by atoms with Gasteiger partial charge in [0, 0.05) is 38.4 Å². The van der Waals surface area contributed by atoms with Crippen molar-refractivity contribution in [2.75, 3.05) is 41.7 Å². The zero-order valence-corrected chi connectivity index (χ0v) is 15.0. The van der Waals surface area contributed by atoms with Gasteiger partial charge in [0.25, 0.3) is 0 Å². The van der Waals surface area contributed by atoms with Gasteiger partial charge in [-0.1, -0.05) is 38.0 Å². The molecule has 132 valence electrons. The second kappa shape index (κ2) is 7.98. The predicted molar refractivity (Wildman–Crippen MR) is 104 cm³/mol. The molecule has 0 unspecified atom stereocenters. The molecule has 1 aliphatic rings. The Morgan fingerprint density at radius 2 is 1.72 bits per heavy atom. The van der Waals surface area contributed by atoms with Gasteiger partial charge in [0.05, 0.1) is 5.69 Å². The molecule has 0 spiro atoms. The minimum absolute atomic E-state index is 0.675. The number of para-hydroxylation sites is 1. The van der Waals surface area contributed by atoms with Crippen molar-refractivity contribution >= 4 is 17.2 Å². The summed E-state index contributed by atoms with van der Waals surface area (Å²) in [4.78, 5) is 4.74. The van der Waals surface area contributed by atoms with Gasteiger partial charge in [0.1, 0.15) is 17.6 Å². The number of nitrogen functional groups attached to an aromatic ring is 1. The minimum Gasteiger partial charge on any atom is -0.396 e. The molecule has 2 aromatic rings. The van der Waals surface area contributed by atoms with E-state index in [4.69, 9.17) is 5.73 Å². The summed E-state index contributed by atoms with van der Waals surface area (Å²) in [6.45, 7) is 6.82. The standard InChI is InChI=1S/C20H27N5/c1-2-3-7-10-25-18(16-21)15-19(22)20(25)24-13-11-23(12-14-24)17-8-5-4-6-9-17/h4-6,8-9,15H,2-3,7,10-14,22H2,1H3. The molecule has 5 heteroatoms. The highest BCUT2D eigenvalue weighted by Crippen LogP contribution is 2.30. The average molecular weight is 337 g/mol. The number of hydrogen-bond donors (Lipinski definition) is 1. The number of rotatable bonds is 6. The van der Waals surface area contributed by atoms with Crippen LogP contribution in [0.4, 0.5) is 17.2 Å². The molecule has 0 saturated carbocycles. The monoisotopic (exact) mass is 337 g/mol. The first-order valence-electron chi connectivity index (χ1n) is 9.18. The van der Waals surface area contributed by atoms with Gasteiger partial charge in [-0.2, -0.15) is 5.26 Å². The van der Waals surface area contributed by atoms with Gasteiger partial charge in [-0.25, -0.2) is 0 Å². The lowest BCUT2D eigenvalue weighted by Gasteiger charge is -2.38. The second-order valence-corrected chi connectivity index (χ2v) is 6.59. The summed E-state index contributed by atoms with van der Waals surface area (Å²) in [5, 5.41) is 9.45. The maximum atomic E-state index is 9.45. The van der Waals surface area contributed by atoms with Gasteiger partial charge in [0.15, 0.2) is 0 Å². The number of nitriles is 1. The Morgan fingerprint density at radius 3 is 2.36 bits per heavy atom. The zero-order valence-electron chi connectivity index (χ0n) is 15.0. The smallest absolute Gasteiger partial charge is 0.133 e. The molecular weight excluding hydrogens is 310 g/mol. The van der Waals surface area contributed by atoms with E-state index < -0.39 is 0 Å². The van der Waals surface area contributed by atoms with Crippen LogP contribution in [-0.2, 0) is 6.54 Å². The summed E-state index contributed by atoms with van der Waals surface area (Å²) in [6.07, 6.45) is 3.42. The van der Waals surface area contributed by atoms with Gasteiger partial charge in [-0.15, -0.1) is 0 Å². The van der Waals surface area contributed by atoms with E-state index >= 15 is 0 Å². The molecule has 1 saturated heterocycles. The van der Waals surface area contributed by atoms with Crippen LogP contribution < -0.4 is 15.5 Å². The first-order valence-corrected chi connectivity index (χ1v) is 9.18. The van der Waals surface area contributed by atoms with Gasteiger partial charge in [-0.3, -0.25) is 0 Å². The van der Waals surface area contributed by atoms with Crippen LogP contribution in [0.3, 0.4) is 0 Å². The van der Waals surface area contributed by atoms with Crippen molar-refractivity contribution in [1.29, 1.82) is 5.26 Å². The Kier molecular flexibility index (Phi) is 5.49. The normalized spacial score (nSPS) is 14.6. The number of unbranched alkanes of at least 4 members (excludes halogenated alkanes) is 2. The highest BCUT2D eigenvalue weighted by Gasteiger charge is 2.23. The van der Waals surface area contributed by atoms with Crippen molar-refractivity contribution in [2.24, 2.45) is 0 Å². The fraction of sp³-hybridized carbons (Fsp3) is 0.450. The molecule has 1 aliphatic heterocycles. The largest absolute Gasteiger partial charge is 0.396 e. The van der Waals surface area contributed by atoms with Crippen molar-refractivity contribution in [3.8, 4) is 6.07 Å². The molecule has 3 rings (SSSR count). The molecule has 5 nitrogen and oxygen atoms in total. The lowest BCUT2D eigenvalue weighted by molar-refractivity contribution is 0.577. The van der Waals surface area contributed by atoms with Crippen LogP contribution >= 0.6 is 0 Å². The molecule has 0 amide bonds. The summed E-state index contributed by atoms with van der Waals surface area (Å²) >= 11 is 0. The molecule has 25 heavy (non-hydrogen) atoms. The summed E-state index contributed by atoms with van der Waals surface area (Å²) in [6, 6.07) is 14.7. The van der Waals surface area contributed by atoms with E-state index in [-0.39, 0.29) is 0 Å². The SMILES string of the molecule is CCCCCn1c(C#N)cc(N)c1N1CCN(c2ccccc2)CC1. The number of aromatic nitrogens is 1. The molecule has 0 aliphatic carbocycles. The quantitative estimate of drug-likeness (QED) is 0.820. The number of anilines is 3. The molecule has 2 heterocycles.